The van der Waals surface area contributed by atoms with Crippen LogP contribution in [0.25, 0.3) is 10.2 Å². The Hall–Kier alpha value is -2.69. The first-order chi connectivity index (χ1) is 16.1. The third kappa shape index (κ3) is 5.68. The first-order valence-corrected chi connectivity index (χ1v) is 13.3. The van der Waals surface area contributed by atoms with Crippen LogP contribution in [0.2, 0.25) is 0 Å². The van der Waals surface area contributed by atoms with Crippen LogP contribution >= 0.6 is 11.3 Å². The fourth-order valence-corrected chi connectivity index (χ4v) is 6.35. The van der Waals surface area contributed by atoms with Gasteiger partial charge < -0.3 is 9.47 Å². The van der Waals surface area contributed by atoms with Crippen molar-refractivity contribution < 1.29 is 22.7 Å². The molecule has 0 fully saturated rings. The average molecular weight is 506 g/mol. The number of hydrogen-bond donors (Lipinski definition) is 1. The summed E-state index contributed by atoms with van der Waals surface area (Å²) in [5, 5.41) is 3.14. The third-order valence-corrected chi connectivity index (χ3v) is 7.76. The summed E-state index contributed by atoms with van der Waals surface area (Å²) in [6.45, 7) is 8.90. The number of rotatable bonds is 10. The highest BCUT2D eigenvalue weighted by molar-refractivity contribution is 7.89. The lowest BCUT2D eigenvalue weighted by Gasteiger charge is -2.25. The zero-order valence-corrected chi connectivity index (χ0v) is 21.9. The average Bonchev–Trinajstić information content (AvgIpc) is 3.18. The molecule has 0 bridgehead atoms. The van der Waals surface area contributed by atoms with Crippen LogP contribution in [0.5, 0.6) is 11.5 Å². The van der Waals surface area contributed by atoms with Crippen molar-refractivity contribution in [3.05, 3.63) is 42.0 Å². The SMILES string of the molecule is COc1cccc(C(=O)Nc2nc3ccc(S(=O)(=O)N(CC(C)C)CC(C)C)cc3s2)c1OC. The fraction of sp³-hybridized carbons (Fsp3) is 0.417. The molecule has 0 unspecified atom stereocenters. The van der Waals surface area contributed by atoms with Crippen molar-refractivity contribution >= 4 is 42.6 Å². The monoisotopic (exact) mass is 505 g/mol. The molecule has 0 saturated carbocycles. The van der Waals surface area contributed by atoms with E-state index >= 15 is 0 Å². The van der Waals surface area contributed by atoms with E-state index in [2.05, 4.69) is 10.3 Å². The quantitative estimate of drug-likeness (QED) is 0.422. The zero-order chi connectivity index (χ0) is 25.0. The predicted octanol–water partition coefficient (Wildman–Crippen LogP) is 4.87. The summed E-state index contributed by atoms with van der Waals surface area (Å²) in [4.78, 5) is 17.5. The Morgan fingerprint density at radius 3 is 2.32 bits per heavy atom. The highest BCUT2D eigenvalue weighted by Crippen LogP contribution is 2.33. The van der Waals surface area contributed by atoms with Crippen LogP contribution < -0.4 is 14.8 Å². The van der Waals surface area contributed by atoms with E-state index in [1.807, 2.05) is 27.7 Å². The minimum Gasteiger partial charge on any atom is -0.493 e. The summed E-state index contributed by atoms with van der Waals surface area (Å²) >= 11 is 1.22. The lowest BCUT2D eigenvalue weighted by Crippen LogP contribution is -2.37. The number of sulfonamides is 1. The molecular weight excluding hydrogens is 474 g/mol. The van der Waals surface area contributed by atoms with Crippen LogP contribution in [-0.2, 0) is 10.0 Å². The smallest absolute Gasteiger partial charge is 0.261 e. The molecule has 1 aromatic heterocycles. The molecule has 1 amide bonds. The number of ether oxygens (including phenoxy) is 2. The Kier molecular flexibility index (Phi) is 8.17. The first-order valence-electron chi connectivity index (χ1n) is 11.0. The van der Waals surface area contributed by atoms with E-state index in [9.17, 15) is 13.2 Å². The van der Waals surface area contributed by atoms with Crippen LogP contribution in [0.1, 0.15) is 38.1 Å². The fourth-order valence-electron chi connectivity index (χ4n) is 3.58. The Balaban J connectivity index is 1.90. The number of nitrogens with one attached hydrogen (secondary N) is 1. The van der Waals surface area contributed by atoms with Crippen LogP contribution in [0.4, 0.5) is 5.13 Å². The molecule has 8 nitrogen and oxygen atoms in total. The molecule has 2 aromatic carbocycles. The lowest BCUT2D eigenvalue weighted by molar-refractivity contribution is 0.102. The summed E-state index contributed by atoms with van der Waals surface area (Å²) in [7, 11) is -0.691. The van der Waals surface area contributed by atoms with Gasteiger partial charge in [-0.2, -0.15) is 4.31 Å². The second kappa shape index (κ2) is 10.7. The van der Waals surface area contributed by atoms with Gasteiger partial charge in [-0.15, -0.1) is 0 Å². The largest absolute Gasteiger partial charge is 0.493 e. The molecule has 0 aliphatic rings. The summed E-state index contributed by atoms with van der Waals surface area (Å²) < 4.78 is 39.5. The number of anilines is 1. The van der Waals surface area contributed by atoms with Crippen molar-refractivity contribution in [3.63, 3.8) is 0 Å². The van der Waals surface area contributed by atoms with Gasteiger partial charge in [0.15, 0.2) is 16.6 Å². The van der Waals surface area contributed by atoms with Gasteiger partial charge in [-0.25, -0.2) is 13.4 Å². The molecule has 0 radical (unpaired) electrons. The van der Waals surface area contributed by atoms with Crippen molar-refractivity contribution in [2.24, 2.45) is 11.8 Å². The number of thiazole rings is 1. The molecule has 10 heteroatoms. The Morgan fingerprint density at radius 2 is 1.74 bits per heavy atom. The molecule has 1 N–H and O–H groups in total. The lowest BCUT2D eigenvalue weighted by atomic mass is 10.1. The molecule has 34 heavy (non-hydrogen) atoms. The molecule has 3 aromatic rings. The normalized spacial score (nSPS) is 12.0. The van der Waals surface area contributed by atoms with E-state index < -0.39 is 15.9 Å². The van der Waals surface area contributed by atoms with Crippen molar-refractivity contribution in [2.75, 3.05) is 32.6 Å². The minimum absolute atomic E-state index is 0.205. The van der Waals surface area contributed by atoms with E-state index in [0.29, 0.717) is 45.5 Å². The van der Waals surface area contributed by atoms with Crippen LogP contribution in [-0.4, -0.2) is 50.9 Å². The van der Waals surface area contributed by atoms with Gasteiger partial charge in [0.1, 0.15) is 0 Å². The standard InChI is InChI=1S/C24H31N3O5S2/c1-15(2)13-27(14-16(3)4)34(29,30)17-10-11-19-21(12-17)33-24(25-19)26-23(28)18-8-7-9-20(31-5)22(18)32-6/h7-12,15-16H,13-14H2,1-6H3,(H,25,26,28). The topological polar surface area (TPSA) is 97.8 Å². The molecule has 3 rings (SSSR count). The van der Waals surface area contributed by atoms with Gasteiger partial charge in [-0.05, 0) is 42.2 Å². The Labute approximate surface area is 205 Å². The number of carbonyl (C=O) groups is 1. The molecule has 184 valence electrons. The molecule has 0 aliphatic carbocycles. The Morgan fingerprint density at radius 1 is 1.06 bits per heavy atom. The van der Waals surface area contributed by atoms with Gasteiger partial charge in [0, 0.05) is 13.1 Å². The van der Waals surface area contributed by atoms with Gasteiger partial charge in [0.25, 0.3) is 5.91 Å². The van der Waals surface area contributed by atoms with Crippen LogP contribution in [0.3, 0.4) is 0 Å². The maximum absolute atomic E-state index is 13.4. The maximum Gasteiger partial charge on any atom is 0.261 e. The van der Waals surface area contributed by atoms with Crippen molar-refractivity contribution in [1.82, 2.24) is 9.29 Å². The summed E-state index contributed by atoms with van der Waals surface area (Å²) in [6.07, 6.45) is 0. The van der Waals surface area contributed by atoms with Gasteiger partial charge >= 0.3 is 0 Å². The van der Waals surface area contributed by atoms with E-state index in [-0.39, 0.29) is 16.7 Å². The van der Waals surface area contributed by atoms with E-state index in [4.69, 9.17) is 9.47 Å². The van der Waals surface area contributed by atoms with E-state index in [1.165, 1.54) is 25.6 Å². The van der Waals surface area contributed by atoms with Crippen molar-refractivity contribution in [1.29, 1.82) is 0 Å². The minimum atomic E-state index is -3.66. The molecule has 0 aliphatic heterocycles. The van der Waals surface area contributed by atoms with Gasteiger partial charge in [0.05, 0.1) is 34.9 Å². The first kappa shape index (κ1) is 25.9. The molecule has 0 saturated heterocycles. The second-order valence-corrected chi connectivity index (χ2v) is 11.7. The predicted molar refractivity (Wildman–Crippen MR) is 136 cm³/mol. The number of benzene rings is 2. The number of nitrogens with zero attached hydrogens (tertiary/aromatic N) is 2. The van der Waals surface area contributed by atoms with Crippen LogP contribution in [0.15, 0.2) is 41.3 Å². The number of carbonyl (C=O) groups excluding carboxylic acids is 1. The van der Waals surface area contributed by atoms with Gasteiger partial charge in [-0.1, -0.05) is 45.1 Å². The third-order valence-electron chi connectivity index (χ3n) is 5.00. The number of aromatic nitrogens is 1. The number of amides is 1. The Bertz CT molecular complexity index is 1260. The number of para-hydroxylation sites is 1. The zero-order valence-electron chi connectivity index (χ0n) is 20.3. The number of hydrogen-bond acceptors (Lipinski definition) is 7. The molecular formula is C24H31N3O5S2. The van der Waals surface area contributed by atoms with Gasteiger partial charge in [0.2, 0.25) is 10.0 Å². The second-order valence-electron chi connectivity index (χ2n) is 8.75. The maximum atomic E-state index is 13.4. The summed E-state index contributed by atoms with van der Waals surface area (Å²) in [5.41, 5.74) is 0.915. The highest BCUT2D eigenvalue weighted by Gasteiger charge is 2.26. The molecule has 0 spiro atoms. The van der Waals surface area contributed by atoms with Crippen molar-refractivity contribution in [2.45, 2.75) is 32.6 Å². The number of fused-ring (bicyclic) bond motifs is 1. The molecule has 0 atom stereocenters. The van der Waals surface area contributed by atoms with E-state index in [0.717, 1.165) is 0 Å². The molecule has 1 heterocycles. The van der Waals surface area contributed by atoms with Gasteiger partial charge in [-0.3, -0.25) is 10.1 Å². The van der Waals surface area contributed by atoms with Crippen LogP contribution in [0, 0.1) is 11.8 Å². The number of methoxy groups -OCH3 is 2. The summed E-state index contributed by atoms with van der Waals surface area (Å²) in [6, 6.07) is 9.90. The van der Waals surface area contributed by atoms with Crippen molar-refractivity contribution in [3.8, 4) is 11.5 Å². The van der Waals surface area contributed by atoms with E-state index in [1.54, 1.807) is 40.7 Å². The summed E-state index contributed by atoms with van der Waals surface area (Å²) in [5.74, 6) is 0.781. The highest BCUT2D eigenvalue weighted by atomic mass is 32.2.